The molecular weight excluding hydrogens is 278 g/mol. The molecule has 0 aliphatic carbocycles. The van der Waals surface area contributed by atoms with Crippen LogP contribution in [0.1, 0.15) is 25.5 Å². The molecule has 0 bridgehead atoms. The normalized spacial score (nSPS) is 18.0. The van der Waals surface area contributed by atoms with E-state index in [2.05, 4.69) is 34.2 Å². The van der Waals surface area contributed by atoms with Crippen molar-refractivity contribution in [3.05, 3.63) is 29.8 Å². The molecule has 1 heterocycles. The molecule has 1 amide bonds. The lowest BCUT2D eigenvalue weighted by atomic mass is 10.0. The van der Waals surface area contributed by atoms with Crippen molar-refractivity contribution in [2.24, 2.45) is 0 Å². The third kappa shape index (κ3) is 4.21. The topological polar surface area (TPSA) is 44.8 Å². The molecule has 1 fully saturated rings. The highest BCUT2D eigenvalue weighted by atomic mass is 16.5. The van der Waals surface area contributed by atoms with Crippen molar-refractivity contribution < 1.29 is 9.53 Å². The fourth-order valence-corrected chi connectivity index (χ4v) is 2.97. The number of hydrogen-bond donors (Lipinski definition) is 1. The summed E-state index contributed by atoms with van der Waals surface area (Å²) in [6, 6.07) is 8.52. The molecule has 122 valence electrons. The number of hydrogen-bond acceptors (Lipinski definition) is 4. The fourth-order valence-electron chi connectivity index (χ4n) is 2.97. The van der Waals surface area contributed by atoms with Crippen molar-refractivity contribution in [2.45, 2.75) is 19.9 Å². The van der Waals surface area contributed by atoms with Crippen LogP contribution < -0.4 is 10.1 Å². The summed E-state index contributed by atoms with van der Waals surface area (Å²) >= 11 is 0. The predicted molar refractivity (Wildman–Crippen MR) is 88.1 cm³/mol. The van der Waals surface area contributed by atoms with E-state index in [1.54, 1.807) is 7.11 Å². The van der Waals surface area contributed by atoms with Crippen molar-refractivity contribution in [3.63, 3.8) is 0 Å². The molecule has 1 saturated heterocycles. The number of methoxy groups -OCH3 is 1. The summed E-state index contributed by atoms with van der Waals surface area (Å²) in [5.74, 6) is 1.06. The minimum atomic E-state index is 0.119. The Morgan fingerprint density at radius 3 is 2.59 bits per heavy atom. The van der Waals surface area contributed by atoms with E-state index < -0.39 is 0 Å². The number of carbonyl (C=O) groups excluding carboxylic acids is 1. The first-order chi connectivity index (χ1) is 10.7. The average Bonchev–Trinajstić information content (AvgIpc) is 2.55. The largest absolute Gasteiger partial charge is 0.496 e. The minimum absolute atomic E-state index is 0.119. The van der Waals surface area contributed by atoms with Crippen LogP contribution in [0.2, 0.25) is 0 Å². The number of rotatable bonds is 6. The van der Waals surface area contributed by atoms with Gasteiger partial charge in [0.2, 0.25) is 5.91 Å². The highest BCUT2D eigenvalue weighted by Gasteiger charge is 2.24. The van der Waals surface area contributed by atoms with E-state index in [0.29, 0.717) is 19.1 Å². The first-order valence-electron chi connectivity index (χ1n) is 8.01. The van der Waals surface area contributed by atoms with Crippen LogP contribution in [0.3, 0.4) is 0 Å². The summed E-state index contributed by atoms with van der Waals surface area (Å²) in [5.41, 5.74) is 1.22. The first kappa shape index (κ1) is 16.8. The lowest BCUT2D eigenvalue weighted by Crippen LogP contribution is -2.49. The number of nitrogens with zero attached hydrogens (tertiary/aromatic N) is 2. The number of para-hydroxylation sites is 1. The van der Waals surface area contributed by atoms with Crippen LogP contribution in [0.4, 0.5) is 0 Å². The van der Waals surface area contributed by atoms with Gasteiger partial charge in [-0.2, -0.15) is 0 Å². The van der Waals surface area contributed by atoms with Gasteiger partial charge in [0.15, 0.2) is 0 Å². The zero-order valence-electron chi connectivity index (χ0n) is 13.8. The second-order valence-electron chi connectivity index (χ2n) is 5.68. The van der Waals surface area contributed by atoms with Gasteiger partial charge in [-0.05, 0) is 19.9 Å². The number of benzene rings is 1. The maximum atomic E-state index is 11.6. The lowest BCUT2D eigenvalue weighted by Gasteiger charge is -2.38. The Morgan fingerprint density at radius 1 is 1.27 bits per heavy atom. The van der Waals surface area contributed by atoms with Crippen molar-refractivity contribution in [1.29, 1.82) is 0 Å². The average molecular weight is 305 g/mol. The summed E-state index contributed by atoms with van der Waals surface area (Å²) in [5, 5.41) is 2.86. The van der Waals surface area contributed by atoms with Gasteiger partial charge in [-0.25, -0.2) is 0 Å². The Kier molecular flexibility index (Phi) is 6.21. The van der Waals surface area contributed by atoms with E-state index in [-0.39, 0.29) is 5.91 Å². The summed E-state index contributed by atoms with van der Waals surface area (Å²) in [6.45, 7) is 9.17. The number of likely N-dealkylation sites (N-methyl/N-ethyl adjacent to an activating group) is 1. The van der Waals surface area contributed by atoms with Crippen molar-refractivity contribution in [1.82, 2.24) is 15.1 Å². The third-order valence-electron chi connectivity index (χ3n) is 4.28. The molecule has 5 nitrogen and oxygen atoms in total. The van der Waals surface area contributed by atoms with Crippen LogP contribution >= 0.6 is 0 Å². The van der Waals surface area contributed by atoms with Gasteiger partial charge < -0.3 is 10.1 Å². The molecule has 1 aliphatic heterocycles. The molecule has 5 heteroatoms. The van der Waals surface area contributed by atoms with Crippen molar-refractivity contribution in [2.75, 3.05) is 46.4 Å². The zero-order chi connectivity index (χ0) is 15.9. The second-order valence-corrected chi connectivity index (χ2v) is 5.68. The molecule has 2 rings (SSSR count). The quantitative estimate of drug-likeness (QED) is 0.865. The summed E-state index contributed by atoms with van der Waals surface area (Å²) in [6.07, 6.45) is 0. The molecular formula is C17H27N3O2. The number of ether oxygens (including phenoxy) is 1. The van der Waals surface area contributed by atoms with Crippen LogP contribution in [0.15, 0.2) is 24.3 Å². The van der Waals surface area contributed by atoms with Gasteiger partial charge in [0.05, 0.1) is 13.7 Å². The molecule has 1 aromatic rings. The van der Waals surface area contributed by atoms with Crippen molar-refractivity contribution >= 4 is 5.91 Å². The number of piperazine rings is 1. The summed E-state index contributed by atoms with van der Waals surface area (Å²) in [4.78, 5) is 16.3. The predicted octanol–water partition coefficient (Wildman–Crippen LogP) is 1.51. The van der Waals surface area contributed by atoms with Gasteiger partial charge in [-0.3, -0.25) is 14.6 Å². The van der Waals surface area contributed by atoms with E-state index in [4.69, 9.17) is 4.74 Å². The maximum absolute atomic E-state index is 11.6. The van der Waals surface area contributed by atoms with E-state index >= 15 is 0 Å². The van der Waals surface area contributed by atoms with E-state index in [9.17, 15) is 4.79 Å². The van der Waals surface area contributed by atoms with Gasteiger partial charge in [0.25, 0.3) is 0 Å². The Morgan fingerprint density at radius 2 is 1.95 bits per heavy atom. The van der Waals surface area contributed by atoms with E-state index in [1.165, 1.54) is 5.56 Å². The Labute approximate surface area is 133 Å². The van der Waals surface area contributed by atoms with E-state index in [0.717, 1.165) is 31.9 Å². The second kappa shape index (κ2) is 8.15. The Balaban J connectivity index is 1.89. The lowest BCUT2D eigenvalue weighted by molar-refractivity contribution is -0.122. The highest BCUT2D eigenvalue weighted by molar-refractivity contribution is 5.77. The summed E-state index contributed by atoms with van der Waals surface area (Å²) < 4.78 is 5.47. The monoisotopic (exact) mass is 305 g/mol. The Hall–Kier alpha value is -1.59. The van der Waals surface area contributed by atoms with Crippen LogP contribution in [0.25, 0.3) is 0 Å². The van der Waals surface area contributed by atoms with Crippen LogP contribution in [0, 0.1) is 0 Å². The van der Waals surface area contributed by atoms with Gasteiger partial charge in [-0.15, -0.1) is 0 Å². The highest BCUT2D eigenvalue weighted by Crippen LogP contribution is 2.29. The third-order valence-corrected chi connectivity index (χ3v) is 4.28. The summed E-state index contributed by atoms with van der Waals surface area (Å²) in [7, 11) is 1.72. The molecule has 1 N–H and O–H groups in total. The standard InChI is InChI=1S/C17H27N3O2/c1-4-18-17(21)13-19-9-11-20(12-10-19)14(2)15-7-5-6-8-16(15)22-3/h5-8,14H,4,9-13H2,1-3H3,(H,18,21). The molecule has 1 aliphatic rings. The van der Waals surface area contributed by atoms with Gasteiger partial charge >= 0.3 is 0 Å². The molecule has 0 aromatic heterocycles. The minimum Gasteiger partial charge on any atom is -0.496 e. The SMILES string of the molecule is CCNC(=O)CN1CCN(C(C)c2ccccc2OC)CC1. The van der Waals surface area contributed by atoms with Crippen LogP contribution in [0.5, 0.6) is 5.75 Å². The van der Waals surface area contributed by atoms with Crippen LogP contribution in [-0.4, -0.2) is 62.1 Å². The fraction of sp³-hybridized carbons (Fsp3) is 0.588. The molecule has 1 atom stereocenters. The molecule has 0 radical (unpaired) electrons. The van der Waals surface area contributed by atoms with Crippen LogP contribution in [-0.2, 0) is 4.79 Å². The zero-order valence-corrected chi connectivity index (χ0v) is 13.8. The van der Waals surface area contributed by atoms with Crippen molar-refractivity contribution in [3.8, 4) is 5.75 Å². The molecule has 0 saturated carbocycles. The van der Waals surface area contributed by atoms with Gasteiger partial charge in [0, 0.05) is 44.3 Å². The Bertz CT molecular complexity index is 485. The number of nitrogens with one attached hydrogen (secondary N) is 1. The smallest absolute Gasteiger partial charge is 0.234 e. The molecule has 0 spiro atoms. The molecule has 1 aromatic carbocycles. The first-order valence-corrected chi connectivity index (χ1v) is 8.01. The number of carbonyl (C=O) groups is 1. The maximum Gasteiger partial charge on any atom is 0.234 e. The molecule has 1 unspecified atom stereocenters. The van der Waals surface area contributed by atoms with Gasteiger partial charge in [0.1, 0.15) is 5.75 Å². The van der Waals surface area contributed by atoms with Gasteiger partial charge in [-0.1, -0.05) is 18.2 Å². The molecule has 22 heavy (non-hydrogen) atoms. The number of amides is 1. The van der Waals surface area contributed by atoms with E-state index in [1.807, 2.05) is 19.1 Å².